The number of hydrogen-bond acceptors (Lipinski definition) is 3. The molecule has 1 fully saturated rings. The maximum atomic E-state index is 13.1. The predicted molar refractivity (Wildman–Crippen MR) is 110 cm³/mol. The molecule has 2 heterocycles. The summed E-state index contributed by atoms with van der Waals surface area (Å²) in [6, 6.07) is 21.5. The fourth-order valence-electron chi connectivity index (χ4n) is 3.60. The maximum Gasteiger partial charge on any atom is 0.257 e. The minimum Gasteiger partial charge on any atom is -0.371 e. The van der Waals surface area contributed by atoms with E-state index in [1.165, 1.54) is 19.3 Å². The Kier molecular flexibility index (Phi) is 5.15. The standard InChI is InChI=1S/C23H23N3O/c27-23(19-11-3-5-14-22(19)26-16-8-1-9-17-26)25-21-13-4-2-10-18(21)20-12-6-7-15-24-20/h2-7,10-15H,1,8-9,16-17H2,(H,25,27). The molecule has 4 heteroatoms. The largest absolute Gasteiger partial charge is 0.371 e. The zero-order valence-corrected chi connectivity index (χ0v) is 15.3. The fraction of sp³-hybridized carbons (Fsp3) is 0.217. The summed E-state index contributed by atoms with van der Waals surface area (Å²) in [4.78, 5) is 19.8. The Labute approximate surface area is 159 Å². The van der Waals surface area contributed by atoms with Crippen LogP contribution in [0.1, 0.15) is 29.6 Å². The second-order valence-corrected chi connectivity index (χ2v) is 6.78. The third-order valence-corrected chi connectivity index (χ3v) is 4.96. The third kappa shape index (κ3) is 3.85. The highest BCUT2D eigenvalue weighted by atomic mass is 16.1. The van der Waals surface area contributed by atoms with Crippen LogP contribution in [-0.4, -0.2) is 24.0 Å². The number of carbonyl (C=O) groups is 1. The summed E-state index contributed by atoms with van der Waals surface area (Å²) < 4.78 is 0. The van der Waals surface area contributed by atoms with Gasteiger partial charge in [0.25, 0.3) is 5.91 Å². The molecule has 1 aromatic heterocycles. The summed E-state index contributed by atoms with van der Waals surface area (Å²) in [5.41, 5.74) is 4.27. The number of nitrogens with zero attached hydrogens (tertiary/aromatic N) is 2. The van der Waals surface area contributed by atoms with Crippen molar-refractivity contribution in [3.05, 3.63) is 78.5 Å². The van der Waals surface area contributed by atoms with Crippen molar-refractivity contribution >= 4 is 17.3 Å². The Bertz CT molecular complexity index is 918. The van der Waals surface area contributed by atoms with Crippen molar-refractivity contribution in [2.24, 2.45) is 0 Å². The normalized spacial score (nSPS) is 14.0. The molecular formula is C23H23N3O. The van der Waals surface area contributed by atoms with E-state index in [4.69, 9.17) is 0 Å². The molecule has 1 saturated heterocycles. The number of anilines is 2. The van der Waals surface area contributed by atoms with Crippen molar-refractivity contribution in [1.82, 2.24) is 4.98 Å². The number of rotatable bonds is 4. The topological polar surface area (TPSA) is 45.2 Å². The summed E-state index contributed by atoms with van der Waals surface area (Å²) in [5.74, 6) is -0.0837. The lowest BCUT2D eigenvalue weighted by molar-refractivity contribution is 0.102. The minimum atomic E-state index is -0.0837. The van der Waals surface area contributed by atoms with Gasteiger partial charge in [-0.25, -0.2) is 0 Å². The van der Waals surface area contributed by atoms with Crippen molar-refractivity contribution in [2.75, 3.05) is 23.3 Å². The van der Waals surface area contributed by atoms with Gasteiger partial charge in [-0.1, -0.05) is 36.4 Å². The van der Waals surface area contributed by atoms with Crippen molar-refractivity contribution in [2.45, 2.75) is 19.3 Å². The first kappa shape index (κ1) is 17.3. The highest BCUT2D eigenvalue weighted by Gasteiger charge is 2.19. The van der Waals surface area contributed by atoms with Crippen LogP contribution in [0, 0.1) is 0 Å². The molecule has 1 aliphatic heterocycles. The lowest BCUT2D eigenvalue weighted by Crippen LogP contribution is -2.31. The number of nitrogens with one attached hydrogen (secondary N) is 1. The predicted octanol–water partition coefficient (Wildman–Crippen LogP) is 4.99. The van der Waals surface area contributed by atoms with E-state index in [2.05, 4.69) is 15.2 Å². The molecule has 1 aliphatic rings. The van der Waals surface area contributed by atoms with Gasteiger partial charge in [-0.05, 0) is 49.6 Å². The van der Waals surface area contributed by atoms with Gasteiger partial charge in [-0.15, -0.1) is 0 Å². The first-order valence-electron chi connectivity index (χ1n) is 9.49. The highest BCUT2D eigenvalue weighted by Crippen LogP contribution is 2.28. The van der Waals surface area contributed by atoms with Gasteiger partial charge in [0, 0.05) is 30.5 Å². The number of aromatic nitrogens is 1. The molecule has 0 atom stereocenters. The SMILES string of the molecule is O=C(Nc1ccccc1-c1ccccn1)c1ccccc1N1CCCCC1. The molecule has 136 valence electrons. The van der Waals surface area contributed by atoms with Gasteiger partial charge in [0.05, 0.1) is 16.9 Å². The van der Waals surface area contributed by atoms with Crippen LogP contribution in [0.25, 0.3) is 11.3 Å². The van der Waals surface area contributed by atoms with Crippen molar-refractivity contribution in [1.29, 1.82) is 0 Å². The molecule has 3 aromatic rings. The van der Waals surface area contributed by atoms with Crippen LogP contribution in [0.4, 0.5) is 11.4 Å². The first-order chi connectivity index (χ1) is 13.3. The summed E-state index contributed by atoms with van der Waals surface area (Å²) >= 11 is 0. The van der Waals surface area contributed by atoms with Crippen molar-refractivity contribution in [3.63, 3.8) is 0 Å². The van der Waals surface area contributed by atoms with E-state index in [1.54, 1.807) is 6.20 Å². The second kappa shape index (κ2) is 8.04. The van der Waals surface area contributed by atoms with Crippen LogP contribution < -0.4 is 10.2 Å². The smallest absolute Gasteiger partial charge is 0.257 e. The van der Waals surface area contributed by atoms with E-state index in [1.807, 2.05) is 66.7 Å². The Morgan fingerprint density at radius 1 is 0.852 bits per heavy atom. The van der Waals surface area contributed by atoms with Crippen LogP contribution in [-0.2, 0) is 0 Å². The fourth-order valence-corrected chi connectivity index (χ4v) is 3.60. The van der Waals surface area contributed by atoms with Crippen LogP contribution in [0.15, 0.2) is 72.9 Å². The van der Waals surface area contributed by atoms with E-state index >= 15 is 0 Å². The van der Waals surface area contributed by atoms with E-state index in [-0.39, 0.29) is 5.91 Å². The quantitative estimate of drug-likeness (QED) is 0.715. The number of amides is 1. The van der Waals surface area contributed by atoms with Gasteiger partial charge < -0.3 is 10.2 Å². The molecule has 0 unspecified atom stereocenters. The maximum absolute atomic E-state index is 13.1. The van der Waals surface area contributed by atoms with Gasteiger partial charge >= 0.3 is 0 Å². The monoisotopic (exact) mass is 357 g/mol. The van der Waals surface area contributed by atoms with Gasteiger partial charge in [0.2, 0.25) is 0 Å². The Morgan fingerprint density at radius 3 is 2.41 bits per heavy atom. The molecule has 0 spiro atoms. The first-order valence-corrected chi connectivity index (χ1v) is 9.49. The Morgan fingerprint density at radius 2 is 1.59 bits per heavy atom. The van der Waals surface area contributed by atoms with Crippen LogP contribution in [0.3, 0.4) is 0 Å². The molecule has 4 rings (SSSR count). The number of hydrogen-bond donors (Lipinski definition) is 1. The Hall–Kier alpha value is -3.14. The van der Waals surface area contributed by atoms with Crippen molar-refractivity contribution in [3.8, 4) is 11.3 Å². The lowest BCUT2D eigenvalue weighted by atomic mass is 10.1. The summed E-state index contributed by atoms with van der Waals surface area (Å²) in [6.07, 6.45) is 5.39. The number of carbonyl (C=O) groups excluding carboxylic acids is 1. The molecule has 1 amide bonds. The summed E-state index contributed by atoms with van der Waals surface area (Å²) in [5, 5.41) is 3.10. The number of benzene rings is 2. The molecule has 27 heavy (non-hydrogen) atoms. The number of para-hydroxylation sites is 2. The van der Waals surface area contributed by atoms with E-state index in [0.29, 0.717) is 0 Å². The molecule has 0 bridgehead atoms. The molecule has 0 aliphatic carbocycles. The molecule has 2 aromatic carbocycles. The summed E-state index contributed by atoms with van der Waals surface area (Å²) in [6.45, 7) is 2.02. The highest BCUT2D eigenvalue weighted by molar-refractivity contribution is 6.09. The molecule has 4 nitrogen and oxygen atoms in total. The minimum absolute atomic E-state index is 0.0837. The third-order valence-electron chi connectivity index (χ3n) is 4.96. The zero-order chi connectivity index (χ0) is 18.5. The van der Waals surface area contributed by atoms with E-state index in [9.17, 15) is 4.79 Å². The van der Waals surface area contributed by atoms with Gasteiger partial charge in [0.15, 0.2) is 0 Å². The average molecular weight is 357 g/mol. The number of pyridine rings is 1. The van der Waals surface area contributed by atoms with Crippen LogP contribution in [0.5, 0.6) is 0 Å². The Balaban J connectivity index is 1.63. The van der Waals surface area contributed by atoms with Gasteiger partial charge in [0.1, 0.15) is 0 Å². The van der Waals surface area contributed by atoms with Crippen molar-refractivity contribution < 1.29 is 4.79 Å². The zero-order valence-electron chi connectivity index (χ0n) is 15.3. The van der Waals surface area contributed by atoms with Gasteiger partial charge in [-0.2, -0.15) is 0 Å². The second-order valence-electron chi connectivity index (χ2n) is 6.78. The molecular weight excluding hydrogens is 334 g/mol. The molecule has 0 saturated carbocycles. The lowest BCUT2D eigenvalue weighted by Gasteiger charge is -2.30. The molecule has 0 radical (unpaired) electrons. The van der Waals surface area contributed by atoms with Crippen LogP contribution >= 0.6 is 0 Å². The van der Waals surface area contributed by atoms with E-state index in [0.717, 1.165) is 41.3 Å². The van der Waals surface area contributed by atoms with Crippen LogP contribution in [0.2, 0.25) is 0 Å². The average Bonchev–Trinajstić information content (AvgIpc) is 2.75. The van der Waals surface area contributed by atoms with Gasteiger partial charge in [-0.3, -0.25) is 9.78 Å². The van der Waals surface area contributed by atoms with E-state index < -0.39 is 0 Å². The summed E-state index contributed by atoms with van der Waals surface area (Å²) in [7, 11) is 0. The number of piperidine rings is 1. The molecule has 1 N–H and O–H groups in total.